The quantitative estimate of drug-likeness (QED) is 0.489. The zero-order valence-corrected chi connectivity index (χ0v) is 17.0. The van der Waals surface area contributed by atoms with Gasteiger partial charge in [-0.15, -0.1) is 0 Å². The van der Waals surface area contributed by atoms with E-state index in [0.29, 0.717) is 10.8 Å². The van der Waals surface area contributed by atoms with Crippen LogP contribution in [0.25, 0.3) is 0 Å². The fraction of sp³-hybridized carbons (Fsp3) is 1.00. The van der Waals surface area contributed by atoms with Gasteiger partial charge >= 0.3 is 0 Å². The maximum atomic E-state index is 4.25. The predicted molar refractivity (Wildman–Crippen MR) is 100 cm³/mol. The van der Waals surface area contributed by atoms with Crippen LogP contribution >= 0.6 is 15.8 Å². The van der Waals surface area contributed by atoms with Crippen molar-refractivity contribution in [1.29, 1.82) is 0 Å². The van der Waals surface area contributed by atoms with Gasteiger partial charge in [-0.25, -0.2) is 0 Å². The Hall–Kier alpha value is 0.545. The summed E-state index contributed by atoms with van der Waals surface area (Å²) in [6.07, 6.45) is 6.01. The average molecular weight is 365 g/mol. The van der Waals surface area contributed by atoms with Crippen LogP contribution < -0.4 is 0 Å². The molecule has 0 amide bonds. The molecule has 0 aromatic rings. The van der Waals surface area contributed by atoms with E-state index in [1.165, 1.54) is 25.7 Å². The average Bonchev–Trinajstić information content (AvgIpc) is 2.45. The maximum Gasteiger partial charge on any atom is 0.229 e. The van der Waals surface area contributed by atoms with Gasteiger partial charge in [0.25, 0.3) is 0 Å². The van der Waals surface area contributed by atoms with Crippen molar-refractivity contribution >= 4 is 21.3 Å². The number of hydrogen-bond donors (Lipinski definition) is 0. The monoisotopic (exact) mass is 364 g/mol. The summed E-state index contributed by atoms with van der Waals surface area (Å²) in [5.41, 5.74) is 2.04. The van der Waals surface area contributed by atoms with Crippen molar-refractivity contribution in [2.75, 3.05) is 0 Å². The molecule has 0 nitrogen and oxygen atoms in total. The van der Waals surface area contributed by atoms with E-state index in [1.807, 2.05) is 0 Å². The van der Waals surface area contributed by atoms with E-state index >= 15 is 0 Å². The van der Waals surface area contributed by atoms with Crippen molar-refractivity contribution in [3.63, 3.8) is 0 Å². The molecule has 0 radical (unpaired) electrons. The minimum Gasteiger partial charge on any atom is -0.156 e. The number of rotatable bonds is 2. The normalized spacial score (nSPS) is 54.1. The number of halogens is 1. The molecule has 0 saturated heterocycles. The third-order valence-corrected chi connectivity index (χ3v) is 11.0. The first kappa shape index (κ1) is 16.0. The second kappa shape index (κ2) is 4.80. The molecule has 6 saturated carbocycles. The molecule has 7 unspecified atom stereocenters. The van der Waals surface area contributed by atoms with Crippen molar-refractivity contribution in [2.24, 2.45) is 46.3 Å². The molecule has 0 aromatic carbocycles. The Bertz CT molecular complexity index is 428. The van der Waals surface area contributed by atoms with Gasteiger partial charge in [-0.2, -0.15) is 15.8 Å². The molecule has 0 aliphatic heterocycles. The van der Waals surface area contributed by atoms with Crippen molar-refractivity contribution in [3.8, 4) is 0 Å². The van der Waals surface area contributed by atoms with E-state index in [4.69, 9.17) is 0 Å². The highest BCUT2D eigenvalue weighted by Crippen LogP contribution is 2.69. The van der Waals surface area contributed by atoms with Gasteiger partial charge < -0.3 is 0 Å². The van der Waals surface area contributed by atoms with E-state index in [0.717, 1.165) is 52.7 Å². The van der Waals surface area contributed by atoms with Crippen molar-refractivity contribution < 1.29 is 0 Å². The van der Waals surface area contributed by atoms with Crippen LogP contribution in [0.4, 0.5) is 0 Å². The largest absolute Gasteiger partial charge is 0.229 e. The highest BCUT2D eigenvalue weighted by Gasteiger charge is 2.62. The van der Waals surface area contributed by atoms with Crippen LogP contribution in [0.5, 0.6) is 0 Å². The molecule has 6 rings (SSSR count). The van der Waals surface area contributed by atoms with Gasteiger partial charge in [0.1, 0.15) is 0 Å². The minimum absolute atomic E-state index is 0.630. The summed E-state index contributed by atoms with van der Waals surface area (Å²) in [5, 5.41) is 0. The first-order valence-corrected chi connectivity index (χ1v) is 10.7. The van der Waals surface area contributed by atoms with Gasteiger partial charge in [-0.05, 0) is 70.8 Å². The topological polar surface area (TPSA) is 0 Å². The van der Waals surface area contributed by atoms with Crippen LogP contribution in [0.2, 0.25) is 11.6 Å². The molecule has 0 heterocycles. The summed E-state index contributed by atoms with van der Waals surface area (Å²) in [6, 6.07) is 0. The fourth-order valence-corrected chi connectivity index (χ4v) is 8.93. The Labute approximate surface area is 146 Å². The van der Waals surface area contributed by atoms with Crippen LogP contribution in [0.3, 0.4) is 0 Å². The highest BCUT2D eigenvalue weighted by atomic mass is 79.9. The molecule has 4 bridgehead atoms. The van der Waals surface area contributed by atoms with Crippen LogP contribution in [-0.2, 0) is 0 Å². The van der Waals surface area contributed by atoms with Gasteiger partial charge in [0.15, 0.2) is 0 Å². The van der Waals surface area contributed by atoms with Gasteiger partial charge in [-0.1, -0.05) is 54.4 Å². The van der Waals surface area contributed by atoms with Crippen molar-refractivity contribution in [1.82, 2.24) is 0 Å². The fourth-order valence-electron chi connectivity index (χ4n) is 7.54. The first-order valence-electron chi connectivity index (χ1n) is 9.79. The van der Waals surface area contributed by atoms with E-state index in [1.54, 1.807) is 0 Å². The molecule has 8 atom stereocenters. The number of fused-ring (bicyclic) bond motifs is 4. The molecule has 6 aliphatic carbocycles. The third-order valence-electron chi connectivity index (χ3n) is 9.64. The molecule has 2 heteroatoms. The molecule has 0 spiro atoms. The summed E-state index contributed by atoms with van der Waals surface area (Å²) >= 11 is 4.25. The SMILES string of the molecule is CC1C(B(Br)C2CC3C[C@@H](C2C)C3(C)C)CC2CC1C2(C)C. The standard InChI is InChI=1S/C20H34BBr/c1-11-15-7-13(19(15,3)4)9-17(11)21(22)18-10-14-8-16(12(18)2)20(14,5)6/h11-18H,7-10H2,1-6H3/t11?,12?,13?,14?,15-,16?,17?,18?/m0/s1. The van der Waals surface area contributed by atoms with Gasteiger partial charge in [0, 0.05) is 0 Å². The summed E-state index contributed by atoms with van der Waals surface area (Å²) in [4.78, 5) is 0. The summed E-state index contributed by atoms with van der Waals surface area (Å²) in [5.74, 6) is 7.69. The minimum atomic E-state index is 0.630. The van der Waals surface area contributed by atoms with Crippen LogP contribution in [0, 0.1) is 46.3 Å². The highest BCUT2D eigenvalue weighted by molar-refractivity contribution is 9.24. The van der Waals surface area contributed by atoms with E-state index in [9.17, 15) is 0 Å². The van der Waals surface area contributed by atoms with E-state index in [2.05, 4.69) is 57.3 Å². The molecule has 22 heavy (non-hydrogen) atoms. The van der Waals surface area contributed by atoms with Crippen LogP contribution in [-0.4, -0.2) is 5.54 Å². The third kappa shape index (κ3) is 1.88. The van der Waals surface area contributed by atoms with Crippen LogP contribution in [0.15, 0.2) is 0 Å². The molecule has 124 valence electrons. The maximum absolute atomic E-state index is 4.25. The second-order valence-electron chi connectivity index (χ2n) is 10.7. The lowest BCUT2D eigenvalue weighted by molar-refractivity contribution is -0.106. The summed E-state index contributed by atoms with van der Waals surface area (Å²) in [7, 11) is 0. The van der Waals surface area contributed by atoms with Crippen molar-refractivity contribution in [2.45, 2.75) is 78.9 Å². The summed E-state index contributed by atoms with van der Waals surface area (Å²) in [6.45, 7) is 15.3. The molecule has 6 aliphatic rings. The smallest absolute Gasteiger partial charge is 0.156 e. The Morgan fingerprint density at radius 2 is 1.09 bits per heavy atom. The van der Waals surface area contributed by atoms with Crippen LogP contribution in [0.1, 0.15) is 67.2 Å². The molecular formula is C20H34BBr. The first-order chi connectivity index (χ1) is 10.2. The molecular weight excluding hydrogens is 331 g/mol. The van der Waals surface area contributed by atoms with E-state index in [-0.39, 0.29) is 0 Å². The zero-order chi connectivity index (χ0) is 16.0. The molecule has 6 fully saturated rings. The summed E-state index contributed by atoms with van der Waals surface area (Å²) < 4.78 is 0. The molecule has 0 aromatic heterocycles. The second-order valence-corrected chi connectivity index (χ2v) is 11.7. The molecule has 0 N–H and O–H groups in total. The lowest BCUT2D eigenvalue weighted by Crippen LogP contribution is -2.58. The van der Waals surface area contributed by atoms with E-state index < -0.39 is 0 Å². The Morgan fingerprint density at radius 1 is 0.727 bits per heavy atom. The lowest BCUT2D eigenvalue weighted by atomic mass is 9.30. The lowest BCUT2D eigenvalue weighted by Gasteiger charge is -2.65. The Morgan fingerprint density at radius 3 is 1.36 bits per heavy atom. The van der Waals surface area contributed by atoms with Crippen molar-refractivity contribution in [3.05, 3.63) is 0 Å². The zero-order valence-electron chi connectivity index (χ0n) is 15.4. The Balaban J connectivity index is 1.49. The number of hydrogen-bond acceptors (Lipinski definition) is 0. The Kier molecular flexibility index (Phi) is 3.50. The van der Waals surface area contributed by atoms with Gasteiger partial charge in [-0.3, -0.25) is 0 Å². The van der Waals surface area contributed by atoms with Gasteiger partial charge in [0.2, 0.25) is 5.54 Å². The predicted octanol–water partition coefficient (Wildman–Crippen LogP) is 6.52. The van der Waals surface area contributed by atoms with Gasteiger partial charge in [0.05, 0.1) is 0 Å².